The van der Waals surface area contributed by atoms with Crippen molar-refractivity contribution in [1.82, 2.24) is 0 Å². The summed E-state index contributed by atoms with van der Waals surface area (Å²) in [5, 5.41) is 0. The van der Waals surface area contributed by atoms with Gasteiger partial charge in [0.15, 0.2) is 0 Å². The van der Waals surface area contributed by atoms with Crippen molar-refractivity contribution < 1.29 is 26.3 Å². The lowest BCUT2D eigenvalue weighted by molar-refractivity contribution is -0.150. The third-order valence-electron chi connectivity index (χ3n) is 1.71. The van der Waals surface area contributed by atoms with Crippen molar-refractivity contribution in [3.05, 3.63) is 35.1 Å². The molecule has 1 aromatic rings. The minimum atomic E-state index is -4.99. The molecule has 0 radical (unpaired) electrons. The molecule has 84 valence electrons. The molecule has 7 heteroatoms. The molecular weight excluding hydrogens is 224 g/mol. The van der Waals surface area contributed by atoms with Crippen LogP contribution in [0.3, 0.4) is 0 Å². The Kier molecular flexibility index (Phi) is 2.94. The van der Waals surface area contributed by atoms with Crippen molar-refractivity contribution in [1.29, 1.82) is 0 Å². The summed E-state index contributed by atoms with van der Waals surface area (Å²) in [4.78, 5) is 0. The van der Waals surface area contributed by atoms with Gasteiger partial charge in [0.05, 0.1) is 0 Å². The highest BCUT2D eigenvalue weighted by Gasteiger charge is 2.41. The second-order valence-corrected chi connectivity index (χ2v) is 2.80. The van der Waals surface area contributed by atoms with E-state index in [0.717, 1.165) is 0 Å². The number of nitrogens with two attached hydrogens (primary N) is 1. The highest BCUT2D eigenvalue weighted by molar-refractivity contribution is 5.25. The number of benzene rings is 1. The van der Waals surface area contributed by atoms with E-state index in [-0.39, 0.29) is 12.1 Å². The van der Waals surface area contributed by atoms with Gasteiger partial charge in [0.2, 0.25) is 0 Å². The van der Waals surface area contributed by atoms with Crippen LogP contribution in [0.4, 0.5) is 26.3 Å². The molecule has 1 rings (SSSR count). The Hall–Kier alpha value is -1.24. The van der Waals surface area contributed by atoms with Crippen LogP contribution in [0.15, 0.2) is 12.1 Å². The zero-order valence-electron chi connectivity index (χ0n) is 7.08. The van der Waals surface area contributed by atoms with Gasteiger partial charge in [0.25, 0.3) is 0 Å². The fraction of sp³-hybridized carbons (Fsp3) is 0.250. The van der Waals surface area contributed by atoms with Crippen molar-refractivity contribution in [2.24, 2.45) is 5.73 Å². The first kappa shape index (κ1) is 11.8. The Morgan fingerprint density at radius 2 is 1.40 bits per heavy atom. The molecule has 0 amide bonds. The van der Waals surface area contributed by atoms with Gasteiger partial charge in [-0.2, -0.15) is 13.2 Å². The van der Waals surface area contributed by atoms with E-state index in [4.69, 9.17) is 0 Å². The van der Waals surface area contributed by atoms with Gasteiger partial charge < -0.3 is 5.73 Å². The van der Waals surface area contributed by atoms with Gasteiger partial charge >= 0.3 is 6.18 Å². The van der Waals surface area contributed by atoms with E-state index >= 15 is 0 Å². The fourth-order valence-corrected chi connectivity index (χ4v) is 1.01. The standard InChI is InChI=1S/C8H5F6N/c9-3-1-4(10)6(5(11)2-3)7(15)8(12,13)14/h1-2,7H,15H2/t7-/m0/s1. The van der Waals surface area contributed by atoms with Gasteiger partial charge in [0, 0.05) is 17.7 Å². The third-order valence-corrected chi connectivity index (χ3v) is 1.71. The average molecular weight is 229 g/mol. The summed E-state index contributed by atoms with van der Waals surface area (Å²) in [5.74, 6) is -4.61. The molecule has 0 saturated carbocycles. The predicted octanol–water partition coefficient (Wildman–Crippen LogP) is 2.67. The average Bonchev–Trinajstić information content (AvgIpc) is 1.99. The third kappa shape index (κ3) is 2.41. The molecule has 0 fully saturated rings. The van der Waals surface area contributed by atoms with Crippen LogP contribution in [0.2, 0.25) is 0 Å². The maximum atomic E-state index is 12.8. The summed E-state index contributed by atoms with van der Waals surface area (Å²) >= 11 is 0. The van der Waals surface area contributed by atoms with Gasteiger partial charge in [-0.25, -0.2) is 13.2 Å². The molecule has 1 nitrogen and oxygen atoms in total. The molecule has 0 heterocycles. The van der Waals surface area contributed by atoms with Gasteiger partial charge in [0.1, 0.15) is 23.5 Å². The summed E-state index contributed by atoms with van der Waals surface area (Å²) in [5.41, 5.74) is 3.21. The molecule has 1 atom stereocenters. The second kappa shape index (κ2) is 3.73. The van der Waals surface area contributed by atoms with Crippen LogP contribution < -0.4 is 5.73 Å². The quantitative estimate of drug-likeness (QED) is 0.736. The van der Waals surface area contributed by atoms with Gasteiger partial charge in [-0.05, 0) is 0 Å². The maximum Gasteiger partial charge on any atom is 0.407 e. The summed E-state index contributed by atoms with van der Waals surface area (Å²) in [6.07, 6.45) is -4.99. The minimum Gasteiger partial charge on any atom is -0.316 e. The first-order valence-electron chi connectivity index (χ1n) is 3.70. The lowest BCUT2D eigenvalue weighted by atomic mass is 10.1. The van der Waals surface area contributed by atoms with Crippen molar-refractivity contribution in [3.63, 3.8) is 0 Å². The zero-order chi connectivity index (χ0) is 11.8. The number of hydrogen-bond donors (Lipinski definition) is 1. The van der Waals surface area contributed by atoms with Crippen LogP contribution in [0.25, 0.3) is 0 Å². The van der Waals surface area contributed by atoms with Gasteiger partial charge in [-0.1, -0.05) is 0 Å². The van der Waals surface area contributed by atoms with Crippen LogP contribution >= 0.6 is 0 Å². The van der Waals surface area contributed by atoms with E-state index in [0.29, 0.717) is 0 Å². The lowest BCUT2D eigenvalue weighted by Gasteiger charge is -2.17. The van der Waals surface area contributed by atoms with Crippen LogP contribution in [0, 0.1) is 17.5 Å². The second-order valence-electron chi connectivity index (χ2n) is 2.80. The molecule has 1 aromatic carbocycles. The Morgan fingerprint density at radius 3 is 1.73 bits per heavy atom. The number of hydrogen-bond acceptors (Lipinski definition) is 1. The van der Waals surface area contributed by atoms with Crippen LogP contribution in [-0.2, 0) is 0 Å². The summed E-state index contributed by atoms with van der Waals surface area (Å²) in [6, 6.07) is -2.52. The molecule has 0 aliphatic rings. The highest BCUT2D eigenvalue weighted by Crippen LogP contribution is 2.33. The van der Waals surface area contributed by atoms with Crippen LogP contribution in [0.1, 0.15) is 11.6 Å². The van der Waals surface area contributed by atoms with Crippen LogP contribution in [-0.4, -0.2) is 6.18 Å². The number of alkyl halides is 3. The Balaban J connectivity index is 3.26. The Morgan fingerprint density at radius 1 is 1.00 bits per heavy atom. The van der Waals surface area contributed by atoms with E-state index < -0.39 is 35.2 Å². The highest BCUT2D eigenvalue weighted by atomic mass is 19.4. The largest absolute Gasteiger partial charge is 0.407 e. The molecule has 2 N–H and O–H groups in total. The lowest BCUT2D eigenvalue weighted by Crippen LogP contribution is -2.30. The van der Waals surface area contributed by atoms with Crippen molar-refractivity contribution in [2.75, 3.05) is 0 Å². The van der Waals surface area contributed by atoms with E-state index in [9.17, 15) is 26.3 Å². The number of rotatable bonds is 1. The molecule has 0 unspecified atom stereocenters. The minimum absolute atomic E-state index is 0.143. The maximum absolute atomic E-state index is 12.8. The van der Waals surface area contributed by atoms with E-state index in [1.165, 1.54) is 0 Å². The zero-order valence-corrected chi connectivity index (χ0v) is 7.08. The van der Waals surface area contributed by atoms with Crippen LogP contribution in [0.5, 0.6) is 0 Å². The van der Waals surface area contributed by atoms with E-state index in [2.05, 4.69) is 5.73 Å². The summed E-state index contributed by atoms with van der Waals surface area (Å²) in [7, 11) is 0. The molecular formula is C8H5F6N. The predicted molar refractivity (Wildman–Crippen MR) is 39.3 cm³/mol. The normalized spacial score (nSPS) is 14.1. The summed E-state index contributed by atoms with van der Waals surface area (Å²) in [6.45, 7) is 0. The molecule has 0 aliphatic heterocycles. The van der Waals surface area contributed by atoms with Crippen molar-refractivity contribution >= 4 is 0 Å². The van der Waals surface area contributed by atoms with Gasteiger partial charge in [-0.15, -0.1) is 0 Å². The SMILES string of the molecule is N[C@@H](c1c(F)cc(F)cc1F)C(F)(F)F. The van der Waals surface area contributed by atoms with E-state index in [1.54, 1.807) is 0 Å². The first-order chi connectivity index (χ1) is 6.73. The first-order valence-corrected chi connectivity index (χ1v) is 3.70. The fourth-order valence-electron chi connectivity index (χ4n) is 1.01. The molecule has 0 spiro atoms. The van der Waals surface area contributed by atoms with E-state index in [1.807, 2.05) is 0 Å². The van der Waals surface area contributed by atoms with Gasteiger partial charge in [-0.3, -0.25) is 0 Å². The molecule has 15 heavy (non-hydrogen) atoms. The van der Waals surface area contributed by atoms with Crippen molar-refractivity contribution in [3.8, 4) is 0 Å². The Bertz CT molecular complexity index is 349. The molecule has 0 bridgehead atoms. The monoisotopic (exact) mass is 229 g/mol. The molecule has 0 aromatic heterocycles. The Labute approximate surface area is 80.5 Å². The number of halogens is 6. The smallest absolute Gasteiger partial charge is 0.316 e. The van der Waals surface area contributed by atoms with Crippen molar-refractivity contribution in [2.45, 2.75) is 12.2 Å². The summed E-state index contributed by atoms with van der Waals surface area (Å²) < 4.78 is 74.2. The topological polar surface area (TPSA) is 26.0 Å². The molecule has 0 aliphatic carbocycles. The molecule has 0 saturated heterocycles.